The van der Waals surface area contributed by atoms with Crippen LogP contribution in [0.5, 0.6) is 0 Å². The Morgan fingerprint density at radius 1 is 0.328 bits per heavy atom. The maximum absolute atomic E-state index is 12.8. The average Bonchev–Trinajstić information content (AvgIpc) is 3.26. The summed E-state index contributed by atoms with van der Waals surface area (Å²) in [6.07, 6.45) is 59.6. The van der Waals surface area contributed by atoms with E-state index >= 15 is 0 Å². The van der Waals surface area contributed by atoms with Crippen LogP contribution in [0.3, 0.4) is 0 Å². The Bertz CT molecular complexity index is 1070. The molecule has 0 fully saturated rings. The van der Waals surface area contributed by atoms with E-state index in [2.05, 4.69) is 69.4 Å². The van der Waals surface area contributed by atoms with E-state index in [4.69, 9.17) is 14.2 Å². The molecule has 0 amide bonds. The molecule has 0 saturated heterocycles. The smallest absolute Gasteiger partial charge is 0.306 e. The Balaban J connectivity index is 4.39. The van der Waals surface area contributed by atoms with Gasteiger partial charge in [-0.3, -0.25) is 14.4 Å². The maximum atomic E-state index is 12.8. The van der Waals surface area contributed by atoms with E-state index < -0.39 is 6.10 Å². The van der Waals surface area contributed by atoms with Crippen molar-refractivity contribution in [2.45, 2.75) is 271 Å². The highest BCUT2D eigenvalue weighted by molar-refractivity contribution is 5.71. The molecule has 354 valence electrons. The molecule has 6 nitrogen and oxygen atoms in total. The zero-order valence-electron chi connectivity index (χ0n) is 40.4. The molecule has 0 N–H and O–H groups in total. The molecule has 0 aromatic rings. The monoisotopic (exact) mass is 855 g/mol. The summed E-state index contributed by atoms with van der Waals surface area (Å²) in [5.74, 6) is -0.944. The lowest BCUT2D eigenvalue weighted by Crippen LogP contribution is -2.30. The Morgan fingerprint density at radius 3 is 1.00 bits per heavy atom. The molecular formula is C55H98O6. The summed E-state index contributed by atoms with van der Waals surface area (Å²) in [5.41, 5.74) is 0. The number of ether oxygens (including phenoxy) is 3. The molecule has 0 saturated carbocycles. The molecule has 0 heterocycles. The molecule has 0 aliphatic carbocycles. The number of hydrogen-bond donors (Lipinski definition) is 0. The van der Waals surface area contributed by atoms with Crippen molar-refractivity contribution in [2.24, 2.45) is 0 Å². The molecule has 0 bridgehead atoms. The van der Waals surface area contributed by atoms with Crippen LogP contribution in [0, 0.1) is 0 Å². The molecule has 61 heavy (non-hydrogen) atoms. The fourth-order valence-electron chi connectivity index (χ4n) is 7.34. The molecular weight excluding hydrogens is 757 g/mol. The Kier molecular flexibility index (Phi) is 47.9. The molecule has 0 spiro atoms. The standard InChI is InChI=1S/C55H98O6/c1-4-7-10-13-16-19-21-23-25-27-29-31-33-36-39-42-45-48-54(57)60-51-52(50-59-53(56)47-44-41-38-35-18-15-12-9-6-3)61-55(58)49-46-43-40-37-34-32-30-28-26-24-22-20-17-14-11-8-5-2/h23-26,29,31,36,39,52H,4-22,27-28,30,32-35,37-38,40-51H2,1-3H3/b25-23-,26-24-,31-29-,39-36-. The first-order chi connectivity index (χ1) is 30.0. The zero-order chi connectivity index (χ0) is 44.4. The highest BCUT2D eigenvalue weighted by atomic mass is 16.6. The number of carbonyl (C=O) groups excluding carboxylic acids is 3. The van der Waals surface area contributed by atoms with Crippen LogP contribution in [0.2, 0.25) is 0 Å². The Hall–Kier alpha value is -2.63. The van der Waals surface area contributed by atoms with Crippen LogP contribution < -0.4 is 0 Å². The van der Waals surface area contributed by atoms with Gasteiger partial charge < -0.3 is 14.2 Å². The van der Waals surface area contributed by atoms with Crippen LogP contribution in [0.25, 0.3) is 0 Å². The molecule has 1 atom stereocenters. The first-order valence-corrected chi connectivity index (χ1v) is 26.1. The summed E-state index contributed by atoms with van der Waals surface area (Å²) in [6.45, 7) is 6.57. The summed E-state index contributed by atoms with van der Waals surface area (Å²) in [6, 6.07) is 0. The van der Waals surface area contributed by atoms with Gasteiger partial charge in [0.05, 0.1) is 0 Å². The summed E-state index contributed by atoms with van der Waals surface area (Å²) in [7, 11) is 0. The number of rotatable bonds is 47. The van der Waals surface area contributed by atoms with Crippen LogP contribution in [-0.2, 0) is 28.6 Å². The van der Waals surface area contributed by atoms with Crippen molar-refractivity contribution in [2.75, 3.05) is 13.2 Å². The maximum Gasteiger partial charge on any atom is 0.306 e. The number of carbonyl (C=O) groups is 3. The number of hydrogen-bond acceptors (Lipinski definition) is 6. The topological polar surface area (TPSA) is 78.9 Å². The molecule has 1 unspecified atom stereocenters. The van der Waals surface area contributed by atoms with Gasteiger partial charge in [0.2, 0.25) is 0 Å². The van der Waals surface area contributed by atoms with Crippen molar-refractivity contribution in [1.82, 2.24) is 0 Å². The van der Waals surface area contributed by atoms with Crippen LogP contribution in [0.1, 0.15) is 265 Å². The summed E-state index contributed by atoms with van der Waals surface area (Å²) in [5, 5.41) is 0. The molecule has 0 aromatic carbocycles. The largest absolute Gasteiger partial charge is 0.462 e. The number of esters is 3. The van der Waals surface area contributed by atoms with Gasteiger partial charge in [-0.1, -0.05) is 217 Å². The van der Waals surface area contributed by atoms with E-state index in [1.807, 2.05) is 0 Å². The SMILES string of the molecule is CCCCCCCC/C=C\C/C=C\C/C=C\CCCC(=O)OCC(COC(=O)CCCCCCCCCCC)OC(=O)CCCCCCCCC/C=C\CCCCCCCC. The van der Waals surface area contributed by atoms with E-state index in [1.165, 1.54) is 161 Å². The predicted octanol–water partition coefficient (Wildman–Crippen LogP) is 17.1. The van der Waals surface area contributed by atoms with Gasteiger partial charge >= 0.3 is 17.9 Å². The van der Waals surface area contributed by atoms with E-state index in [9.17, 15) is 14.4 Å². The van der Waals surface area contributed by atoms with E-state index in [1.54, 1.807) is 0 Å². The van der Waals surface area contributed by atoms with Gasteiger partial charge in [-0.05, 0) is 77.0 Å². The highest BCUT2D eigenvalue weighted by Gasteiger charge is 2.19. The van der Waals surface area contributed by atoms with E-state index in [-0.39, 0.29) is 31.1 Å². The van der Waals surface area contributed by atoms with E-state index in [0.717, 1.165) is 57.8 Å². The predicted molar refractivity (Wildman–Crippen MR) is 261 cm³/mol. The lowest BCUT2D eigenvalue weighted by atomic mass is 10.1. The minimum Gasteiger partial charge on any atom is -0.462 e. The number of unbranched alkanes of at least 4 members (excludes halogenated alkanes) is 28. The van der Waals surface area contributed by atoms with Crippen LogP contribution in [-0.4, -0.2) is 37.2 Å². The number of allylic oxidation sites excluding steroid dienone is 8. The minimum absolute atomic E-state index is 0.0886. The molecule has 0 aliphatic heterocycles. The molecule has 0 rings (SSSR count). The third kappa shape index (κ3) is 48.3. The van der Waals surface area contributed by atoms with Crippen molar-refractivity contribution in [1.29, 1.82) is 0 Å². The third-order valence-corrected chi connectivity index (χ3v) is 11.3. The van der Waals surface area contributed by atoms with Crippen molar-refractivity contribution in [3.05, 3.63) is 48.6 Å². The fraction of sp³-hybridized carbons (Fsp3) is 0.800. The van der Waals surface area contributed by atoms with Crippen molar-refractivity contribution in [3.63, 3.8) is 0 Å². The third-order valence-electron chi connectivity index (χ3n) is 11.3. The second-order valence-corrected chi connectivity index (χ2v) is 17.4. The van der Waals surface area contributed by atoms with Gasteiger partial charge in [0.25, 0.3) is 0 Å². The second kappa shape index (κ2) is 50.0. The van der Waals surface area contributed by atoms with Crippen molar-refractivity contribution < 1.29 is 28.6 Å². The van der Waals surface area contributed by atoms with Gasteiger partial charge in [0.1, 0.15) is 13.2 Å². The zero-order valence-corrected chi connectivity index (χ0v) is 40.4. The Morgan fingerprint density at radius 2 is 0.607 bits per heavy atom. The van der Waals surface area contributed by atoms with Crippen molar-refractivity contribution >= 4 is 17.9 Å². The first kappa shape index (κ1) is 58.4. The summed E-state index contributed by atoms with van der Waals surface area (Å²) < 4.78 is 16.7. The van der Waals surface area contributed by atoms with Gasteiger partial charge in [-0.25, -0.2) is 0 Å². The second-order valence-electron chi connectivity index (χ2n) is 17.4. The van der Waals surface area contributed by atoms with Crippen molar-refractivity contribution in [3.8, 4) is 0 Å². The lowest BCUT2D eigenvalue weighted by Gasteiger charge is -2.18. The summed E-state index contributed by atoms with van der Waals surface area (Å²) in [4.78, 5) is 37.9. The molecule has 0 radical (unpaired) electrons. The van der Waals surface area contributed by atoms with Gasteiger partial charge in [0, 0.05) is 19.3 Å². The quantitative estimate of drug-likeness (QED) is 0.0263. The van der Waals surface area contributed by atoms with Gasteiger partial charge in [-0.2, -0.15) is 0 Å². The van der Waals surface area contributed by atoms with Gasteiger partial charge in [-0.15, -0.1) is 0 Å². The first-order valence-electron chi connectivity index (χ1n) is 26.1. The highest BCUT2D eigenvalue weighted by Crippen LogP contribution is 2.14. The molecule has 0 aliphatic rings. The average molecular weight is 855 g/mol. The molecule has 0 aromatic heterocycles. The fourth-order valence-corrected chi connectivity index (χ4v) is 7.34. The van der Waals surface area contributed by atoms with Crippen LogP contribution in [0.4, 0.5) is 0 Å². The Labute approximate surface area is 378 Å². The van der Waals surface area contributed by atoms with Crippen LogP contribution in [0.15, 0.2) is 48.6 Å². The van der Waals surface area contributed by atoms with E-state index in [0.29, 0.717) is 25.7 Å². The minimum atomic E-state index is -0.791. The van der Waals surface area contributed by atoms with Gasteiger partial charge in [0.15, 0.2) is 6.10 Å². The molecule has 6 heteroatoms. The lowest BCUT2D eigenvalue weighted by molar-refractivity contribution is -0.167. The normalized spacial score (nSPS) is 12.4. The summed E-state index contributed by atoms with van der Waals surface area (Å²) >= 11 is 0. The van der Waals surface area contributed by atoms with Crippen LogP contribution >= 0.6 is 0 Å².